The largest absolute Gasteiger partial charge is 0.285 e. The quantitative estimate of drug-likeness (QED) is 0.262. The first kappa shape index (κ1) is 27.3. The lowest BCUT2D eigenvalue weighted by Gasteiger charge is -2.39. The Bertz CT molecular complexity index is 1510. The Labute approximate surface area is 240 Å². The van der Waals surface area contributed by atoms with Gasteiger partial charge in [-0.05, 0) is 64.7 Å². The van der Waals surface area contributed by atoms with Gasteiger partial charge in [0.15, 0.2) is 0 Å². The normalized spacial score (nSPS) is 17.0. The molecule has 5 rings (SSSR count). The SMILES string of the molecule is CC(=NCc1ccc(C(C2=CC=CCC=C2)(C2=CC=C(C(C)C)C=CC2)c2ccccc2)cc1)c1ccccc1. The number of rotatable bonds is 8. The average Bonchev–Trinajstić information content (AvgIpc) is 3.43. The first-order chi connectivity index (χ1) is 19.6. The van der Waals surface area contributed by atoms with Crippen LogP contribution >= 0.6 is 0 Å². The van der Waals surface area contributed by atoms with Gasteiger partial charge in [0.25, 0.3) is 0 Å². The first-order valence-corrected chi connectivity index (χ1v) is 14.4. The summed E-state index contributed by atoms with van der Waals surface area (Å²) in [6.45, 7) is 7.28. The molecule has 0 spiro atoms. The summed E-state index contributed by atoms with van der Waals surface area (Å²) in [7, 11) is 0. The summed E-state index contributed by atoms with van der Waals surface area (Å²) in [4.78, 5) is 4.90. The Hall–Kier alpha value is -4.23. The molecule has 0 aliphatic heterocycles. The minimum atomic E-state index is -0.415. The van der Waals surface area contributed by atoms with E-state index in [4.69, 9.17) is 4.99 Å². The molecular weight excluding hydrogens is 482 g/mol. The Kier molecular flexibility index (Phi) is 8.71. The van der Waals surface area contributed by atoms with Crippen molar-refractivity contribution >= 4 is 5.71 Å². The maximum atomic E-state index is 4.90. The minimum absolute atomic E-state index is 0.415. The number of hydrogen-bond donors (Lipinski definition) is 0. The fourth-order valence-corrected chi connectivity index (χ4v) is 5.72. The first-order valence-electron chi connectivity index (χ1n) is 14.4. The standard InChI is InChI=1S/C39H39N/c1-30(2)33-17-14-22-37(28-25-33)39(36-20-12-7-13-21-36,35-18-10-4-5-11-19-35)38-26-23-32(24-27-38)29-40-31(3)34-15-8-6-9-16-34/h4,6-21,23-28,30H,5,22,29H2,1-3H3. The van der Waals surface area contributed by atoms with E-state index >= 15 is 0 Å². The number of benzene rings is 3. The van der Waals surface area contributed by atoms with Crippen molar-refractivity contribution in [2.75, 3.05) is 0 Å². The molecule has 1 heteroatoms. The van der Waals surface area contributed by atoms with E-state index < -0.39 is 5.41 Å². The lowest BCUT2D eigenvalue weighted by atomic mass is 9.63. The highest BCUT2D eigenvalue weighted by atomic mass is 14.7. The fraction of sp³-hybridized carbons (Fsp3) is 0.205. The van der Waals surface area contributed by atoms with Gasteiger partial charge in [0, 0.05) is 5.71 Å². The third-order valence-corrected chi connectivity index (χ3v) is 7.97. The number of allylic oxidation sites excluding steroid dienone is 12. The van der Waals surface area contributed by atoms with Crippen molar-refractivity contribution in [1.29, 1.82) is 0 Å². The number of aliphatic imine (C=N–C) groups is 1. The van der Waals surface area contributed by atoms with E-state index in [-0.39, 0.29) is 0 Å². The Morgan fingerprint density at radius 1 is 0.750 bits per heavy atom. The van der Waals surface area contributed by atoms with Crippen LogP contribution < -0.4 is 0 Å². The van der Waals surface area contributed by atoms with E-state index in [9.17, 15) is 0 Å². The van der Waals surface area contributed by atoms with Gasteiger partial charge in [-0.25, -0.2) is 0 Å². The fourth-order valence-electron chi connectivity index (χ4n) is 5.72. The summed E-state index contributed by atoms with van der Waals surface area (Å²) in [5.41, 5.74) is 9.62. The van der Waals surface area contributed by atoms with E-state index in [0.29, 0.717) is 12.5 Å². The molecule has 0 saturated carbocycles. The van der Waals surface area contributed by atoms with E-state index in [1.54, 1.807) is 0 Å². The monoisotopic (exact) mass is 521 g/mol. The van der Waals surface area contributed by atoms with Gasteiger partial charge in [-0.1, -0.05) is 153 Å². The van der Waals surface area contributed by atoms with Crippen molar-refractivity contribution < 1.29 is 0 Å². The van der Waals surface area contributed by atoms with Crippen LogP contribution in [-0.4, -0.2) is 5.71 Å². The zero-order valence-electron chi connectivity index (χ0n) is 23.9. The second-order valence-electron chi connectivity index (χ2n) is 10.9. The molecule has 0 N–H and O–H groups in total. The van der Waals surface area contributed by atoms with Gasteiger partial charge >= 0.3 is 0 Å². The van der Waals surface area contributed by atoms with Crippen molar-refractivity contribution in [2.24, 2.45) is 10.9 Å². The topological polar surface area (TPSA) is 12.4 Å². The highest BCUT2D eigenvalue weighted by Gasteiger charge is 2.40. The lowest BCUT2D eigenvalue weighted by Crippen LogP contribution is -2.32. The van der Waals surface area contributed by atoms with Crippen LogP contribution in [0.2, 0.25) is 0 Å². The Morgan fingerprint density at radius 2 is 1.45 bits per heavy atom. The van der Waals surface area contributed by atoms with Gasteiger partial charge in [-0.2, -0.15) is 0 Å². The lowest BCUT2D eigenvalue weighted by molar-refractivity contribution is 0.705. The molecule has 0 heterocycles. The molecule has 0 saturated heterocycles. The third-order valence-electron chi connectivity index (χ3n) is 7.97. The second kappa shape index (κ2) is 12.7. The molecule has 0 radical (unpaired) electrons. The van der Waals surface area contributed by atoms with Gasteiger partial charge in [0.1, 0.15) is 0 Å². The predicted octanol–water partition coefficient (Wildman–Crippen LogP) is 9.89. The second-order valence-corrected chi connectivity index (χ2v) is 10.9. The van der Waals surface area contributed by atoms with Crippen LogP contribution in [0.1, 0.15) is 55.9 Å². The van der Waals surface area contributed by atoms with Gasteiger partial charge in [0.05, 0.1) is 12.0 Å². The summed E-state index contributed by atoms with van der Waals surface area (Å²) in [6, 6.07) is 30.6. The molecule has 1 atom stereocenters. The zero-order valence-corrected chi connectivity index (χ0v) is 23.9. The summed E-state index contributed by atoms with van der Waals surface area (Å²) >= 11 is 0. The van der Waals surface area contributed by atoms with E-state index in [1.165, 1.54) is 39.0 Å². The van der Waals surface area contributed by atoms with Crippen molar-refractivity contribution in [1.82, 2.24) is 0 Å². The molecule has 3 aromatic rings. The molecule has 0 bridgehead atoms. The minimum Gasteiger partial charge on any atom is -0.285 e. The average molecular weight is 522 g/mol. The highest BCUT2D eigenvalue weighted by Crippen LogP contribution is 2.48. The molecule has 0 fully saturated rings. The van der Waals surface area contributed by atoms with Crippen molar-refractivity contribution in [3.05, 3.63) is 179 Å². The van der Waals surface area contributed by atoms with Gasteiger partial charge in [-0.15, -0.1) is 0 Å². The molecule has 40 heavy (non-hydrogen) atoms. The summed E-state index contributed by atoms with van der Waals surface area (Å²) in [5, 5.41) is 0. The molecule has 0 aromatic heterocycles. The smallest absolute Gasteiger partial charge is 0.0667 e. The van der Waals surface area contributed by atoms with Crippen LogP contribution in [0.3, 0.4) is 0 Å². The number of nitrogens with zero attached hydrogens (tertiary/aromatic N) is 1. The maximum Gasteiger partial charge on any atom is 0.0667 e. The van der Waals surface area contributed by atoms with Crippen LogP contribution in [0.5, 0.6) is 0 Å². The Morgan fingerprint density at radius 3 is 2.17 bits per heavy atom. The van der Waals surface area contributed by atoms with Crippen LogP contribution in [0, 0.1) is 5.92 Å². The summed E-state index contributed by atoms with van der Waals surface area (Å²) < 4.78 is 0. The van der Waals surface area contributed by atoms with E-state index in [0.717, 1.165) is 18.6 Å². The maximum absolute atomic E-state index is 4.90. The van der Waals surface area contributed by atoms with Gasteiger partial charge < -0.3 is 0 Å². The van der Waals surface area contributed by atoms with Crippen molar-refractivity contribution in [3.63, 3.8) is 0 Å². The molecule has 200 valence electrons. The Balaban J connectivity index is 1.64. The van der Waals surface area contributed by atoms with Crippen molar-refractivity contribution in [3.8, 4) is 0 Å². The molecular formula is C39H39N. The zero-order chi connectivity index (χ0) is 27.8. The van der Waals surface area contributed by atoms with Crippen LogP contribution in [0.15, 0.2) is 161 Å². The molecule has 1 unspecified atom stereocenters. The summed E-state index contributed by atoms with van der Waals surface area (Å²) in [6.07, 6.45) is 22.5. The van der Waals surface area contributed by atoms with E-state index in [1.807, 2.05) is 6.07 Å². The third kappa shape index (κ3) is 5.84. The molecule has 0 amide bonds. The molecule has 2 aliphatic rings. The molecule has 2 aliphatic carbocycles. The van der Waals surface area contributed by atoms with Crippen molar-refractivity contribution in [2.45, 2.75) is 45.6 Å². The van der Waals surface area contributed by atoms with Crippen LogP contribution in [0.25, 0.3) is 0 Å². The van der Waals surface area contributed by atoms with Crippen LogP contribution in [-0.2, 0) is 12.0 Å². The number of hydrogen-bond acceptors (Lipinski definition) is 1. The molecule has 3 aromatic carbocycles. The summed E-state index contributed by atoms with van der Waals surface area (Å²) in [5.74, 6) is 0.483. The predicted molar refractivity (Wildman–Crippen MR) is 172 cm³/mol. The highest BCUT2D eigenvalue weighted by molar-refractivity contribution is 5.98. The van der Waals surface area contributed by atoms with E-state index in [2.05, 4.69) is 154 Å². The van der Waals surface area contributed by atoms with Gasteiger partial charge in [0.2, 0.25) is 0 Å². The van der Waals surface area contributed by atoms with Gasteiger partial charge in [-0.3, -0.25) is 4.99 Å². The molecule has 1 nitrogen and oxygen atoms in total. The van der Waals surface area contributed by atoms with Crippen LogP contribution in [0.4, 0.5) is 0 Å².